The minimum Gasteiger partial charge on any atom is -0.312 e. The zero-order valence-electron chi connectivity index (χ0n) is 14.9. The Morgan fingerprint density at radius 3 is 2.85 bits per heavy atom. The minimum atomic E-state index is 0.541. The smallest absolute Gasteiger partial charge is 0.147 e. The van der Waals surface area contributed by atoms with Gasteiger partial charge in [-0.1, -0.05) is 18.2 Å². The van der Waals surface area contributed by atoms with Gasteiger partial charge >= 0.3 is 0 Å². The lowest BCUT2D eigenvalue weighted by molar-refractivity contribution is 0.200. The molecule has 1 N–H and O–H groups in total. The standard InChI is InChI=1S/C20H24N6/c1-2-4-18-17(3-1)16(5-8-22-18)14-25-10-6-15(7-11-25)20-24-23-19-13-21-9-12-26(19)20/h1-5,8,15,21H,6-7,9-14H2. The van der Waals surface area contributed by atoms with Crippen molar-refractivity contribution < 1.29 is 0 Å². The summed E-state index contributed by atoms with van der Waals surface area (Å²) in [7, 11) is 0. The summed E-state index contributed by atoms with van der Waals surface area (Å²) in [6.07, 6.45) is 4.25. The number of piperidine rings is 1. The van der Waals surface area contributed by atoms with Gasteiger partial charge in [-0.2, -0.15) is 0 Å². The molecular weight excluding hydrogens is 324 g/mol. The number of nitrogens with zero attached hydrogens (tertiary/aromatic N) is 5. The molecule has 1 fully saturated rings. The fourth-order valence-corrected chi connectivity index (χ4v) is 4.30. The van der Waals surface area contributed by atoms with E-state index in [-0.39, 0.29) is 0 Å². The van der Waals surface area contributed by atoms with E-state index in [1.807, 2.05) is 6.20 Å². The molecule has 134 valence electrons. The van der Waals surface area contributed by atoms with Crippen molar-refractivity contribution in [1.82, 2.24) is 30.0 Å². The zero-order valence-corrected chi connectivity index (χ0v) is 14.9. The van der Waals surface area contributed by atoms with E-state index in [4.69, 9.17) is 0 Å². The van der Waals surface area contributed by atoms with Crippen LogP contribution in [0.2, 0.25) is 0 Å². The Labute approximate surface area is 153 Å². The van der Waals surface area contributed by atoms with Gasteiger partial charge in [-0.05, 0) is 43.6 Å². The Hall–Kier alpha value is -2.31. The maximum absolute atomic E-state index is 4.52. The third kappa shape index (κ3) is 2.89. The van der Waals surface area contributed by atoms with Gasteiger partial charge in [0, 0.05) is 37.1 Å². The molecule has 0 unspecified atom stereocenters. The molecule has 1 aromatic carbocycles. The van der Waals surface area contributed by atoms with Crippen LogP contribution in [0, 0.1) is 0 Å². The molecule has 26 heavy (non-hydrogen) atoms. The highest BCUT2D eigenvalue weighted by Gasteiger charge is 2.27. The van der Waals surface area contributed by atoms with Crippen molar-refractivity contribution in [3.8, 4) is 0 Å². The van der Waals surface area contributed by atoms with Gasteiger partial charge in [-0.3, -0.25) is 9.88 Å². The number of fused-ring (bicyclic) bond motifs is 2. The van der Waals surface area contributed by atoms with Crippen LogP contribution in [0.4, 0.5) is 0 Å². The van der Waals surface area contributed by atoms with Crippen LogP contribution < -0.4 is 5.32 Å². The van der Waals surface area contributed by atoms with Crippen molar-refractivity contribution in [2.45, 2.75) is 38.4 Å². The number of nitrogens with one attached hydrogen (secondary N) is 1. The van der Waals surface area contributed by atoms with Gasteiger partial charge in [-0.25, -0.2) is 0 Å². The summed E-state index contributed by atoms with van der Waals surface area (Å²) in [5, 5.41) is 13.5. The molecule has 0 saturated carbocycles. The molecule has 0 radical (unpaired) electrons. The highest BCUT2D eigenvalue weighted by atomic mass is 15.3. The number of aromatic nitrogens is 4. The maximum atomic E-state index is 4.52. The Morgan fingerprint density at radius 1 is 1.04 bits per heavy atom. The quantitative estimate of drug-likeness (QED) is 0.787. The largest absolute Gasteiger partial charge is 0.312 e. The molecule has 0 atom stereocenters. The molecule has 6 nitrogen and oxygen atoms in total. The monoisotopic (exact) mass is 348 g/mol. The molecule has 3 aromatic rings. The molecule has 5 rings (SSSR count). The SMILES string of the molecule is c1ccc2c(CN3CCC(c4nnc5n4CCNC5)CC3)ccnc2c1. The van der Waals surface area contributed by atoms with Gasteiger partial charge in [0.1, 0.15) is 11.6 Å². The first-order valence-corrected chi connectivity index (χ1v) is 9.56. The summed E-state index contributed by atoms with van der Waals surface area (Å²) in [5.41, 5.74) is 2.46. The second-order valence-electron chi connectivity index (χ2n) is 7.34. The van der Waals surface area contributed by atoms with Crippen LogP contribution in [0.3, 0.4) is 0 Å². The number of para-hydroxylation sites is 1. The van der Waals surface area contributed by atoms with Crippen molar-refractivity contribution >= 4 is 10.9 Å². The van der Waals surface area contributed by atoms with Crippen molar-refractivity contribution in [2.24, 2.45) is 0 Å². The molecule has 4 heterocycles. The molecule has 0 amide bonds. The summed E-state index contributed by atoms with van der Waals surface area (Å²) < 4.78 is 2.34. The number of pyridine rings is 1. The predicted octanol–water partition coefficient (Wildman–Crippen LogP) is 2.31. The second-order valence-corrected chi connectivity index (χ2v) is 7.34. The molecule has 2 aliphatic heterocycles. The van der Waals surface area contributed by atoms with Crippen molar-refractivity contribution in [1.29, 1.82) is 0 Å². The normalized spacial score (nSPS) is 18.9. The van der Waals surface area contributed by atoms with E-state index in [9.17, 15) is 0 Å². The van der Waals surface area contributed by atoms with Crippen LogP contribution in [0.1, 0.15) is 36.0 Å². The highest BCUT2D eigenvalue weighted by Crippen LogP contribution is 2.29. The van der Waals surface area contributed by atoms with E-state index in [2.05, 4.69) is 60.3 Å². The van der Waals surface area contributed by atoms with Crippen LogP contribution in [-0.4, -0.2) is 44.3 Å². The van der Waals surface area contributed by atoms with Crippen molar-refractivity contribution in [2.75, 3.05) is 19.6 Å². The summed E-state index contributed by atoms with van der Waals surface area (Å²) >= 11 is 0. The summed E-state index contributed by atoms with van der Waals surface area (Å²) in [4.78, 5) is 7.04. The highest BCUT2D eigenvalue weighted by molar-refractivity contribution is 5.81. The molecule has 2 aliphatic rings. The van der Waals surface area contributed by atoms with Gasteiger partial charge in [0.15, 0.2) is 0 Å². The number of hydrogen-bond donors (Lipinski definition) is 1. The van der Waals surface area contributed by atoms with E-state index < -0.39 is 0 Å². The number of likely N-dealkylation sites (tertiary alicyclic amines) is 1. The lowest BCUT2D eigenvalue weighted by Gasteiger charge is -2.32. The first kappa shape index (κ1) is 15.9. The van der Waals surface area contributed by atoms with Gasteiger partial charge < -0.3 is 9.88 Å². The van der Waals surface area contributed by atoms with E-state index in [0.29, 0.717) is 5.92 Å². The summed E-state index contributed by atoms with van der Waals surface area (Å²) in [6.45, 7) is 6.09. The summed E-state index contributed by atoms with van der Waals surface area (Å²) in [6, 6.07) is 10.6. The lowest BCUT2D eigenvalue weighted by Crippen LogP contribution is -2.34. The van der Waals surface area contributed by atoms with Crippen LogP contribution in [-0.2, 0) is 19.6 Å². The number of hydrogen-bond acceptors (Lipinski definition) is 5. The zero-order chi connectivity index (χ0) is 17.3. The minimum absolute atomic E-state index is 0.541. The van der Waals surface area contributed by atoms with Crippen LogP contribution >= 0.6 is 0 Å². The molecule has 0 aliphatic carbocycles. The first-order valence-electron chi connectivity index (χ1n) is 9.56. The predicted molar refractivity (Wildman–Crippen MR) is 101 cm³/mol. The molecule has 2 aromatic heterocycles. The Kier molecular flexibility index (Phi) is 4.15. The maximum Gasteiger partial charge on any atom is 0.147 e. The Bertz CT molecular complexity index is 904. The molecule has 1 saturated heterocycles. The molecular formula is C20H24N6. The van der Waals surface area contributed by atoms with Gasteiger partial charge in [-0.15, -0.1) is 10.2 Å². The van der Waals surface area contributed by atoms with E-state index >= 15 is 0 Å². The van der Waals surface area contributed by atoms with Crippen molar-refractivity contribution in [3.63, 3.8) is 0 Å². The fourth-order valence-electron chi connectivity index (χ4n) is 4.30. The lowest BCUT2D eigenvalue weighted by atomic mass is 9.95. The Balaban J connectivity index is 1.28. The van der Waals surface area contributed by atoms with E-state index in [1.54, 1.807) is 0 Å². The van der Waals surface area contributed by atoms with Crippen LogP contribution in [0.25, 0.3) is 10.9 Å². The fraction of sp³-hybridized carbons (Fsp3) is 0.450. The van der Waals surface area contributed by atoms with Crippen LogP contribution in [0.15, 0.2) is 36.5 Å². The third-order valence-corrected chi connectivity index (χ3v) is 5.74. The molecule has 0 spiro atoms. The van der Waals surface area contributed by atoms with Gasteiger partial charge in [0.05, 0.1) is 12.1 Å². The summed E-state index contributed by atoms with van der Waals surface area (Å²) in [5.74, 6) is 2.84. The van der Waals surface area contributed by atoms with E-state index in [0.717, 1.165) is 63.5 Å². The average Bonchev–Trinajstić information content (AvgIpc) is 3.13. The topological polar surface area (TPSA) is 58.9 Å². The average molecular weight is 348 g/mol. The second kappa shape index (κ2) is 6.78. The van der Waals surface area contributed by atoms with Gasteiger partial charge in [0.25, 0.3) is 0 Å². The molecule has 0 bridgehead atoms. The number of benzene rings is 1. The molecule has 6 heteroatoms. The first-order chi connectivity index (χ1) is 12.9. The van der Waals surface area contributed by atoms with Crippen molar-refractivity contribution in [3.05, 3.63) is 53.7 Å². The Morgan fingerprint density at radius 2 is 1.92 bits per heavy atom. The third-order valence-electron chi connectivity index (χ3n) is 5.74. The van der Waals surface area contributed by atoms with Gasteiger partial charge in [0.2, 0.25) is 0 Å². The van der Waals surface area contributed by atoms with Crippen LogP contribution in [0.5, 0.6) is 0 Å². The number of rotatable bonds is 3. The van der Waals surface area contributed by atoms with E-state index in [1.165, 1.54) is 16.8 Å².